The summed E-state index contributed by atoms with van der Waals surface area (Å²) in [6, 6.07) is 6.15. The molecule has 0 aliphatic carbocycles. The highest BCUT2D eigenvalue weighted by atomic mass is 79.9. The monoisotopic (exact) mass is 287 g/mol. The number of fused-ring (bicyclic) bond motifs is 1. The lowest BCUT2D eigenvalue weighted by Crippen LogP contribution is -1.82. The van der Waals surface area contributed by atoms with Crippen molar-refractivity contribution in [1.29, 1.82) is 0 Å². The first kappa shape index (κ1) is 10.5. The van der Waals surface area contributed by atoms with E-state index in [1.807, 2.05) is 25.4 Å². The summed E-state index contributed by atoms with van der Waals surface area (Å²) in [5, 5.41) is 1.10. The minimum atomic E-state index is 0.892. The van der Waals surface area contributed by atoms with Crippen LogP contribution in [0.4, 0.5) is 0 Å². The summed E-state index contributed by atoms with van der Waals surface area (Å²) >= 11 is 3.44. The van der Waals surface area contributed by atoms with Crippen molar-refractivity contribution >= 4 is 27.0 Å². The van der Waals surface area contributed by atoms with Crippen LogP contribution in [0.3, 0.4) is 0 Å². The third-order valence-corrected chi connectivity index (χ3v) is 3.15. The maximum absolute atomic E-state index is 4.32. The Kier molecular flexibility index (Phi) is 2.44. The predicted octanol–water partition coefficient (Wildman–Crippen LogP) is 3.70. The number of nitrogens with one attached hydrogen (secondary N) is 1. The molecule has 0 aromatic carbocycles. The van der Waals surface area contributed by atoms with Gasteiger partial charge in [0.1, 0.15) is 5.65 Å². The van der Waals surface area contributed by atoms with E-state index in [2.05, 4.69) is 43.0 Å². The van der Waals surface area contributed by atoms with E-state index in [-0.39, 0.29) is 0 Å². The molecule has 0 fully saturated rings. The van der Waals surface area contributed by atoms with Crippen molar-refractivity contribution in [3.8, 4) is 11.1 Å². The van der Waals surface area contributed by atoms with Crippen LogP contribution in [0.5, 0.6) is 0 Å². The van der Waals surface area contributed by atoms with Crippen molar-refractivity contribution in [3.63, 3.8) is 0 Å². The van der Waals surface area contributed by atoms with Crippen LogP contribution < -0.4 is 0 Å². The lowest BCUT2D eigenvalue weighted by molar-refractivity contribution is 1.20. The summed E-state index contributed by atoms with van der Waals surface area (Å²) in [5.74, 6) is 0. The SMILES string of the molecule is Cc1ccc(-c2c[nH]c3ncc(Br)cc23)cn1. The molecule has 0 atom stereocenters. The molecular formula is C13H10BrN3. The van der Waals surface area contributed by atoms with Crippen LogP contribution >= 0.6 is 15.9 Å². The van der Waals surface area contributed by atoms with Crippen molar-refractivity contribution in [2.75, 3.05) is 0 Å². The molecule has 0 spiro atoms. The van der Waals surface area contributed by atoms with E-state index in [0.717, 1.165) is 32.3 Å². The standard InChI is InChI=1S/C13H10BrN3/c1-8-2-3-9(5-15-8)12-7-17-13-11(12)4-10(14)6-16-13/h2-7H,1H3,(H,16,17). The molecule has 0 unspecified atom stereocenters. The zero-order valence-electron chi connectivity index (χ0n) is 9.24. The highest BCUT2D eigenvalue weighted by molar-refractivity contribution is 9.10. The Bertz CT molecular complexity index is 671. The largest absolute Gasteiger partial charge is 0.346 e. The first-order valence-corrected chi connectivity index (χ1v) is 6.09. The minimum Gasteiger partial charge on any atom is -0.346 e. The molecule has 3 nitrogen and oxygen atoms in total. The van der Waals surface area contributed by atoms with Gasteiger partial charge in [-0.3, -0.25) is 4.98 Å². The van der Waals surface area contributed by atoms with Gasteiger partial charge < -0.3 is 4.98 Å². The van der Waals surface area contributed by atoms with Crippen molar-refractivity contribution in [1.82, 2.24) is 15.0 Å². The van der Waals surface area contributed by atoms with Crippen LogP contribution in [0.2, 0.25) is 0 Å². The van der Waals surface area contributed by atoms with Gasteiger partial charge in [0, 0.05) is 45.3 Å². The predicted molar refractivity (Wildman–Crippen MR) is 71.8 cm³/mol. The number of nitrogens with zero attached hydrogens (tertiary/aromatic N) is 2. The Morgan fingerprint density at radius 3 is 2.82 bits per heavy atom. The summed E-state index contributed by atoms with van der Waals surface area (Å²) < 4.78 is 0.978. The molecule has 84 valence electrons. The quantitative estimate of drug-likeness (QED) is 0.742. The highest BCUT2D eigenvalue weighted by Gasteiger charge is 2.07. The second-order valence-electron chi connectivity index (χ2n) is 3.94. The van der Waals surface area contributed by atoms with Gasteiger partial charge in [0.15, 0.2) is 0 Å². The van der Waals surface area contributed by atoms with Crippen molar-refractivity contribution in [2.24, 2.45) is 0 Å². The molecule has 1 N–H and O–H groups in total. The molecule has 0 radical (unpaired) electrons. The van der Waals surface area contributed by atoms with Gasteiger partial charge in [-0.1, -0.05) is 6.07 Å². The van der Waals surface area contributed by atoms with Gasteiger partial charge in [-0.15, -0.1) is 0 Å². The highest BCUT2D eigenvalue weighted by Crippen LogP contribution is 2.28. The summed E-state index contributed by atoms with van der Waals surface area (Å²) in [6.07, 6.45) is 5.64. The van der Waals surface area contributed by atoms with Crippen LogP contribution in [0.1, 0.15) is 5.69 Å². The Labute approximate surface area is 107 Å². The Balaban J connectivity index is 2.23. The van der Waals surface area contributed by atoms with E-state index in [4.69, 9.17) is 0 Å². The number of aromatic nitrogens is 3. The lowest BCUT2D eigenvalue weighted by atomic mass is 10.1. The van der Waals surface area contributed by atoms with Crippen molar-refractivity contribution < 1.29 is 0 Å². The molecule has 3 aromatic rings. The number of pyridine rings is 2. The first-order valence-electron chi connectivity index (χ1n) is 5.30. The summed E-state index contributed by atoms with van der Waals surface area (Å²) in [6.45, 7) is 1.98. The van der Waals surface area contributed by atoms with Gasteiger partial charge in [-0.2, -0.15) is 0 Å². The van der Waals surface area contributed by atoms with E-state index < -0.39 is 0 Å². The van der Waals surface area contributed by atoms with Crippen molar-refractivity contribution in [2.45, 2.75) is 6.92 Å². The van der Waals surface area contributed by atoms with Gasteiger partial charge in [0.05, 0.1) is 0 Å². The molecule has 0 aliphatic heterocycles. The molecule has 3 aromatic heterocycles. The van der Waals surface area contributed by atoms with Gasteiger partial charge in [-0.25, -0.2) is 4.98 Å². The summed E-state index contributed by atoms with van der Waals surface area (Å²) in [7, 11) is 0. The normalized spacial score (nSPS) is 10.9. The van der Waals surface area contributed by atoms with Gasteiger partial charge in [0.25, 0.3) is 0 Å². The van der Waals surface area contributed by atoms with E-state index >= 15 is 0 Å². The Morgan fingerprint density at radius 1 is 1.18 bits per heavy atom. The molecule has 4 heteroatoms. The Hall–Kier alpha value is -1.68. The van der Waals surface area contributed by atoms with E-state index in [1.54, 1.807) is 6.20 Å². The molecule has 0 bridgehead atoms. The van der Waals surface area contributed by atoms with Crippen LogP contribution in [0, 0.1) is 6.92 Å². The zero-order chi connectivity index (χ0) is 11.8. The van der Waals surface area contributed by atoms with E-state index in [0.29, 0.717) is 0 Å². The Morgan fingerprint density at radius 2 is 2.06 bits per heavy atom. The van der Waals surface area contributed by atoms with E-state index in [9.17, 15) is 0 Å². The topological polar surface area (TPSA) is 41.6 Å². The molecule has 0 saturated carbocycles. The molecular weight excluding hydrogens is 278 g/mol. The number of rotatable bonds is 1. The van der Waals surface area contributed by atoms with E-state index in [1.165, 1.54) is 0 Å². The molecule has 0 amide bonds. The van der Waals surface area contributed by atoms with Gasteiger partial charge in [-0.05, 0) is 35.0 Å². The average molecular weight is 288 g/mol. The number of aromatic amines is 1. The van der Waals surface area contributed by atoms with Crippen LogP contribution in [0.15, 0.2) is 41.3 Å². The smallest absolute Gasteiger partial charge is 0.137 e. The molecule has 0 saturated heterocycles. The zero-order valence-corrected chi connectivity index (χ0v) is 10.8. The molecule has 3 rings (SSSR count). The fraction of sp³-hybridized carbons (Fsp3) is 0.0769. The second kappa shape index (κ2) is 3.96. The lowest BCUT2D eigenvalue weighted by Gasteiger charge is -1.99. The maximum atomic E-state index is 4.32. The van der Waals surface area contributed by atoms with Crippen molar-refractivity contribution in [3.05, 3.63) is 47.0 Å². The number of halogens is 1. The molecule has 0 aliphatic rings. The third-order valence-electron chi connectivity index (χ3n) is 2.72. The molecule has 17 heavy (non-hydrogen) atoms. The number of hydrogen-bond acceptors (Lipinski definition) is 2. The average Bonchev–Trinajstić information content (AvgIpc) is 2.73. The second-order valence-corrected chi connectivity index (χ2v) is 4.86. The van der Waals surface area contributed by atoms with Crippen LogP contribution in [-0.2, 0) is 0 Å². The third kappa shape index (κ3) is 1.85. The number of hydrogen-bond donors (Lipinski definition) is 1. The number of aryl methyl sites for hydroxylation is 1. The first-order chi connectivity index (χ1) is 8.24. The fourth-order valence-corrected chi connectivity index (χ4v) is 2.18. The molecule has 3 heterocycles. The maximum Gasteiger partial charge on any atom is 0.137 e. The number of H-pyrrole nitrogens is 1. The van der Waals surface area contributed by atoms with Gasteiger partial charge in [0.2, 0.25) is 0 Å². The van der Waals surface area contributed by atoms with Crippen LogP contribution in [-0.4, -0.2) is 15.0 Å². The van der Waals surface area contributed by atoms with Gasteiger partial charge >= 0.3 is 0 Å². The minimum absolute atomic E-state index is 0.892. The van der Waals surface area contributed by atoms with Crippen LogP contribution in [0.25, 0.3) is 22.2 Å². The fourth-order valence-electron chi connectivity index (χ4n) is 1.84. The summed E-state index contributed by atoms with van der Waals surface area (Å²) in [4.78, 5) is 11.8. The summed E-state index contributed by atoms with van der Waals surface area (Å²) in [5.41, 5.74) is 4.14.